The third-order valence-electron chi connectivity index (χ3n) is 8.12. The van der Waals surface area contributed by atoms with Gasteiger partial charge in [0, 0.05) is 33.4 Å². The Morgan fingerprint density at radius 1 is 0.475 bits per heavy atom. The number of rotatable bonds is 2. The molecule has 0 fully saturated rings. The minimum atomic E-state index is 0.944. The van der Waals surface area contributed by atoms with Gasteiger partial charge >= 0.3 is 0 Å². The summed E-state index contributed by atoms with van der Waals surface area (Å²) >= 11 is 0. The van der Waals surface area contributed by atoms with Crippen LogP contribution in [0.1, 0.15) is 0 Å². The van der Waals surface area contributed by atoms with Gasteiger partial charge in [0.25, 0.3) is 0 Å². The van der Waals surface area contributed by atoms with Gasteiger partial charge in [-0.2, -0.15) is 0 Å². The highest BCUT2D eigenvalue weighted by Crippen LogP contribution is 2.37. The molecule has 0 aliphatic rings. The first-order valence-electron chi connectivity index (χ1n) is 13.5. The Balaban J connectivity index is 1.33. The molecule has 9 rings (SSSR count). The smallest absolute Gasteiger partial charge is 0.147 e. The standard InChI is InChI=1S/C36H22N4/c1-2-9-25(10-3-1)39-31-14-6-4-11-26(31)28-21-23(16-18-32(28)39)24-17-19-33-29(22-24)35-27(12-8-20-37-35)36-38-30-13-5-7-15-34(30)40(33)36/h1-22H. The second kappa shape index (κ2) is 8.01. The van der Waals surface area contributed by atoms with Gasteiger partial charge in [0.05, 0.1) is 33.1 Å². The summed E-state index contributed by atoms with van der Waals surface area (Å²) in [6.07, 6.45) is 1.87. The molecule has 0 unspecified atom stereocenters. The van der Waals surface area contributed by atoms with E-state index in [-0.39, 0.29) is 0 Å². The van der Waals surface area contributed by atoms with Crippen molar-refractivity contribution in [1.29, 1.82) is 0 Å². The zero-order chi connectivity index (χ0) is 26.2. The molecule has 186 valence electrons. The first-order chi connectivity index (χ1) is 19.8. The van der Waals surface area contributed by atoms with Crippen molar-refractivity contribution in [2.75, 3.05) is 0 Å². The lowest BCUT2D eigenvalue weighted by molar-refractivity contribution is 1.18. The number of pyridine rings is 2. The molecule has 5 aromatic carbocycles. The highest BCUT2D eigenvalue weighted by molar-refractivity contribution is 6.14. The van der Waals surface area contributed by atoms with Crippen LogP contribution >= 0.6 is 0 Å². The second-order valence-electron chi connectivity index (χ2n) is 10.3. The maximum atomic E-state index is 4.99. The third kappa shape index (κ3) is 2.90. The normalized spacial score (nSPS) is 12.0. The monoisotopic (exact) mass is 510 g/mol. The number of nitrogens with zero attached hydrogens (tertiary/aromatic N) is 4. The molecule has 0 saturated carbocycles. The van der Waals surface area contributed by atoms with Crippen molar-refractivity contribution in [2.24, 2.45) is 0 Å². The largest absolute Gasteiger partial charge is 0.309 e. The highest BCUT2D eigenvalue weighted by atomic mass is 15.0. The van der Waals surface area contributed by atoms with Crippen LogP contribution in [0.4, 0.5) is 0 Å². The summed E-state index contributed by atoms with van der Waals surface area (Å²) < 4.78 is 4.63. The van der Waals surface area contributed by atoms with Gasteiger partial charge in [-0.3, -0.25) is 9.38 Å². The molecule has 0 aliphatic heterocycles. The number of fused-ring (bicyclic) bond motifs is 11. The summed E-state index contributed by atoms with van der Waals surface area (Å²) in [7, 11) is 0. The minimum Gasteiger partial charge on any atom is -0.309 e. The topological polar surface area (TPSA) is 35.1 Å². The van der Waals surface area contributed by atoms with Gasteiger partial charge in [-0.15, -0.1) is 0 Å². The van der Waals surface area contributed by atoms with E-state index >= 15 is 0 Å². The average molecular weight is 511 g/mol. The molecule has 0 N–H and O–H groups in total. The lowest BCUT2D eigenvalue weighted by Gasteiger charge is -2.11. The van der Waals surface area contributed by atoms with E-state index in [9.17, 15) is 0 Å². The Kier molecular flexibility index (Phi) is 4.30. The maximum Gasteiger partial charge on any atom is 0.147 e. The summed E-state index contributed by atoms with van der Waals surface area (Å²) in [5.74, 6) is 0. The van der Waals surface area contributed by atoms with Gasteiger partial charge in [0.2, 0.25) is 0 Å². The molecule has 0 radical (unpaired) electrons. The van der Waals surface area contributed by atoms with Crippen LogP contribution in [0.25, 0.3) is 77.1 Å². The van der Waals surface area contributed by atoms with Crippen LogP contribution in [0.3, 0.4) is 0 Å². The van der Waals surface area contributed by atoms with E-state index in [0.717, 1.165) is 38.5 Å². The third-order valence-corrected chi connectivity index (χ3v) is 8.12. The summed E-state index contributed by atoms with van der Waals surface area (Å²) in [6.45, 7) is 0. The van der Waals surface area contributed by atoms with Crippen molar-refractivity contribution < 1.29 is 0 Å². The van der Waals surface area contributed by atoms with Crippen molar-refractivity contribution >= 4 is 60.3 Å². The number of hydrogen-bond donors (Lipinski definition) is 0. The SMILES string of the molecule is c1ccc(-n2c3ccccc3c3cc(-c4ccc5c(c4)c4ncccc4c4nc6ccccc6n54)ccc32)cc1. The predicted molar refractivity (Wildman–Crippen MR) is 165 cm³/mol. The highest BCUT2D eigenvalue weighted by Gasteiger charge is 2.16. The molecule has 0 spiro atoms. The van der Waals surface area contributed by atoms with E-state index in [1.807, 2.05) is 18.3 Å². The molecular weight excluding hydrogens is 488 g/mol. The number of aromatic nitrogens is 4. The molecule has 0 aliphatic carbocycles. The molecule has 0 amide bonds. The lowest BCUT2D eigenvalue weighted by Crippen LogP contribution is -1.94. The van der Waals surface area contributed by atoms with Crippen LogP contribution in [-0.2, 0) is 0 Å². The molecule has 4 nitrogen and oxygen atoms in total. The molecule has 0 saturated heterocycles. The zero-order valence-electron chi connectivity index (χ0n) is 21.5. The summed E-state index contributed by atoms with van der Waals surface area (Å²) in [5, 5.41) is 4.68. The first-order valence-corrected chi connectivity index (χ1v) is 13.5. The Bertz CT molecular complexity index is 2430. The van der Waals surface area contributed by atoms with Crippen LogP contribution in [0.2, 0.25) is 0 Å². The number of hydrogen-bond acceptors (Lipinski definition) is 2. The van der Waals surface area contributed by atoms with Crippen molar-refractivity contribution in [2.45, 2.75) is 0 Å². The van der Waals surface area contributed by atoms with Gasteiger partial charge < -0.3 is 4.57 Å². The summed E-state index contributed by atoms with van der Waals surface area (Å²) in [5.41, 5.74) is 11.1. The molecule has 4 heteroatoms. The van der Waals surface area contributed by atoms with Crippen LogP contribution in [0.5, 0.6) is 0 Å². The van der Waals surface area contributed by atoms with E-state index in [4.69, 9.17) is 9.97 Å². The fraction of sp³-hybridized carbons (Fsp3) is 0. The maximum absolute atomic E-state index is 4.99. The molecule has 0 bridgehead atoms. The Hall–Kier alpha value is -5.48. The van der Waals surface area contributed by atoms with Gasteiger partial charge in [-0.05, 0) is 77.9 Å². The summed E-state index contributed by atoms with van der Waals surface area (Å²) in [6, 6.07) is 45.3. The Labute approximate surface area is 229 Å². The van der Waals surface area contributed by atoms with Crippen LogP contribution < -0.4 is 0 Å². The fourth-order valence-electron chi connectivity index (χ4n) is 6.36. The number of para-hydroxylation sites is 4. The van der Waals surface area contributed by atoms with Crippen molar-refractivity contribution in [3.63, 3.8) is 0 Å². The van der Waals surface area contributed by atoms with Crippen LogP contribution in [-0.4, -0.2) is 18.9 Å². The van der Waals surface area contributed by atoms with Gasteiger partial charge in [-0.25, -0.2) is 4.98 Å². The molecule has 9 aromatic rings. The number of benzene rings is 5. The zero-order valence-corrected chi connectivity index (χ0v) is 21.5. The Morgan fingerprint density at radius 3 is 2.02 bits per heavy atom. The van der Waals surface area contributed by atoms with E-state index in [2.05, 4.69) is 124 Å². The predicted octanol–water partition coefficient (Wildman–Crippen LogP) is 8.95. The molecule has 0 atom stereocenters. The quantitative estimate of drug-likeness (QED) is 0.218. The summed E-state index contributed by atoms with van der Waals surface area (Å²) in [4.78, 5) is 9.82. The van der Waals surface area contributed by atoms with Crippen molar-refractivity contribution in [3.8, 4) is 16.8 Å². The van der Waals surface area contributed by atoms with Gasteiger partial charge in [-0.1, -0.05) is 60.7 Å². The van der Waals surface area contributed by atoms with E-state index < -0.39 is 0 Å². The van der Waals surface area contributed by atoms with E-state index in [0.29, 0.717) is 0 Å². The van der Waals surface area contributed by atoms with Gasteiger partial charge in [0.1, 0.15) is 5.65 Å². The van der Waals surface area contributed by atoms with Crippen LogP contribution in [0.15, 0.2) is 134 Å². The first kappa shape index (κ1) is 21.5. The molecule has 4 heterocycles. The molecule has 40 heavy (non-hydrogen) atoms. The van der Waals surface area contributed by atoms with E-state index in [1.54, 1.807) is 0 Å². The molecular formula is C36H22N4. The van der Waals surface area contributed by atoms with Crippen molar-refractivity contribution in [1.82, 2.24) is 18.9 Å². The Morgan fingerprint density at radius 2 is 1.15 bits per heavy atom. The van der Waals surface area contributed by atoms with E-state index in [1.165, 1.54) is 38.6 Å². The minimum absolute atomic E-state index is 0.944. The fourth-order valence-corrected chi connectivity index (χ4v) is 6.36. The second-order valence-corrected chi connectivity index (χ2v) is 10.3. The average Bonchev–Trinajstić information content (AvgIpc) is 3.58. The number of imidazole rings is 1. The van der Waals surface area contributed by atoms with Crippen molar-refractivity contribution in [3.05, 3.63) is 134 Å². The molecule has 4 aromatic heterocycles. The van der Waals surface area contributed by atoms with Crippen LogP contribution in [0, 0.1) is 0 Å². The van der Waals surface area contributed by atoms with Gasteiger partial charge in [0.15, 0.2) is 0 Å². The lowest BCUT2D eigenvalue weighted by atomic mass is 10.00.